The van der Waals surface area contributed by atoms with Gasteiger partial charge in [0.25, 0.3) is 0 Å². The van der Waals surface area contributed by atoms with E-state index in [1.165, 1.54) is 0 Å². The number of nitrogens with zero attached hydrogens (tertiary/aromatic N) is 1. The summed E-state index contributed by atoms with van der Waals surface area (Å²) in [6.07, 6.45) is 2.31. The zero-order chi connectivity index (χ0) is 14.6. The molecule has 104 valence electrons. The summed E-state index contributed by atoms with van der Waals surface area (Å²) in [6, 6.07) is 5.31. The fourth-order valence-electron chi connectivity index (χ4n) is 2.07. The molecule has 2 rings (SSSR count). The Labute approximate surface area is 113 Å². The standard InChI is InChI=1S/C13H16N2O2.C2H6/c1-8-3-4-12-10(5-8)9(7-15(12)2)6-11(14)13(16)17;1-2/h3-5,7,11H,6,14H2,1-2H3,(H,16,17);1-2H3. The van der Waals surface area contributed by atoms with E-state index in [1.54, 1.807) is 0 Å². The number of carboxylic acids is 1. The lowest BCUT2D eigenvalue weighted by molar-refractivity contribution is -0.138. The molecule has 4 heteroatoms. The minimum Gasteiger partial charge on any atom is -0.480 e. The van der Waals surface area contributed by atoms with Crippen molar-refractivity contribution in [1.82, 2.24) is 4.57 Å². The molecule has 0 aliphatic heterocycles. The lowest BCUT2D eigenvalue weighted by Crippen LogP contribution is -2.32. The molecule has 0 spiro atoms. The van der Waals surface area contributed by atoms with Crippen LogP contribution in [0.15, 0.2) is 24.4 Å². The number of hydrogen-bond donors (Lipinski definition) is 2. The average molecular weight is 262 g/mol. The Balaban J connectivity index is 0.000000861. The number of fused-ring (bicyclic) bond motifs is 1. The molecule has 19 heavy (non-hydrogen) atoms. The summed E-state index contributed by atoms with van der Waals surface area (Å²) < 4.78 is 2.00. The first kappa shape index (κ1) is 15.2. The third-order valence-electron chi connectivity index (χ3n) is 2.98. The molecule has 0 radical (unpaired) electrons. The average Bonchev–Trinajstić information content (AvgIpc) is 2.68. The van der Waals surface area contributed by atoms with Crippen molar-refractivity contribution in [2.75, 3.05) is 0 Å². The van der Waals surface area contributed by atoms with Crippen molar-refractivity contribution in [3.05, 3.63) is 35.5 Å². The van der Waals surface area contributed by atoms with Gasteiger partial charge in [-0.15, -0.1) is 0 Å². The number of carboxylic acid groups (broad SMARTS) is 1. The third-order valence-corrected chi connectivity index (χ3v) is 2.98. The van der Waals surface area contributed by atoms with Crippen molar-refractivity contribution in [3.8, 4) is 0 Å². The van der Waals surface area contributed by atoms with Crippen molar-refractivity contribution < 1.29 is 9.90 Å². The summed E-state index contributed by atoms with van der Waals surface area (Å²) in [5.74, 6) is -0.963. The van der Waals surface area contributed by atoms with Gasteiger partial charge in [-0.2, -0.15) is 0 Å². The van der Waals surface area contributed by atoms with Gasteiger partial charge in [0.1, 0.15) is 6.04 Å². The lowest BCUT2D eigenvalue weighted by atomic mass is 10.0. The molecule has 2 aromatic rings. The summed E-state index contributed by atoms with van der Waals surface area (Å²) in [7, 11) is 1.95. The van der Waals surface area contributed by atoms with Gasteiger partial charge in [0, 0.05) is 30.6 Å². The fraction of sp³-hybridized carbons (Fsp3) is 0.400. The molecule has 1 heterocycles. The smallest absolute Gasteiger partial charge is 0.320 e. The molecule has 1 aromatic carbocycles. The van der Waals surface area contributed by atoms with Crippen molar-refractivity contribution in [2.45, 2.75) is 33.2 Å². The molecule has 1 atom stereocenters. The van der Waals surface area contributed by atoms with E-state index in [4.69, 9.17) is 10.8 Å². The van der Waals surface area contributed by atoms with Gasteiger partial charge in [-0.1, -0.05) is 25.5 Å². The molecular formula is C15H22N2O2. The van der Waals surface area contributed by atoms with E-state index < -0.39 is 12.0 Å². The number of benzene rings is 1. The highest BCUT2D eigenvalue weighted by Gasteiger charge is 2.15. The quantitative estimate of drug-likeness (QED) is 0.892. The zero-order valence-electron chi connectivity index (χ0n) is 12.0. The number of hydrogen-bond acceptors (Lipinski definition) is 2. The molecule has 0 bridgehead atoms. The van der Waals surface area contributed by atoms with Crippen LogP contribution in [0.2, 0.25) is 0 Å². The molecule has 0 fully saturated rings. The molecule has 0 amide bonds. The molecule has 4 nitrogen and oxygen atoms in total. The van der Waals surface area contributed by atoms with Gasteiger partial charge < -0.3 is 15.4 Å². The normalized spacial score (nSPS) is 11.8. The number of nitrogens with two attached hydrogens (primary N) is 1. The van der Waals surface area contributed by atoms with Gasteiger partial charge in [0.05, 0.1) is 0 Å². The Morgan fingerprint density at radius 1 is 1.42 bits per heavy atom. The van der Waals surface area contributed by atoms with Crippen LogP contribution in [0, 0.1) is 6.92 Å². The molecule has 0 aliphatic carbocycles. The zero-order valence-corrected chi connectivity index (χ0v) is 12.0. The van der Waals surface area contributed by atoms with Gasteiger partial charge in [-0.3, -0.25) is 4.79 Å². The van der Waals surface area contributed by atoms with E-state index >= 15 is 0 Å². The number of carbonyl (C=O) groups is 1. The summed E-state index contributed by atoms with van der Waals surface area (Å²) in [6.45, 7) is 6.02. The second-order valence-electron chi connectivity index (χ2n) is 4.43. The maximum absolute atomic E-state index is 10.8. The predicted molar refractivity (Wildman–Crippen MR) is 78.3 cm³/mol. The van der Waals surface area contributed by atoms with Crippen molar-refractivity contribution in [3.63, 3.8) is 0 Å². The lowest BCUT2D eigenvalue weighted by Gasteiger charge is -2.04. The Kier molecular flexibility index (Phi) is 5.12. The van der Waals surface area contributed by atoms with E-state index in [0.717, 1.165) is 22.0 Å². The molecular weight excluding hydrogens is 240 g/mol. The predicted octanol–water partition coefficient (Wildman–Crippen LogP) is 2.47. The summed E-state index contributed by atoms with van der Waals surface area (Å²) in [5, 5.41) is 9.93. The van der Waals surface area contributed by atoms with Crippen LogP contribution in [0.1, 0.15) is 25.0 Å². The van der Waals surface area contributed by atoms with E-state index in [1.807, 2.05) is 50.7 Å². The van der Waals surface area contributed by atoms with Crippen LogP contribution in [-0.4, -0.2) is 21.7 Å². The maximum atomic E-state index is 10.8. The highest BCUT2D eigenvalue weighted by molar-refractivity contribution is 5.85. The first-order valence-electron chi connectivity index (χ1n) is 6.52. The fourth-order valence-corrected chi connectivity index (χ4v) is 2.07. The van der Waals surface area contributed by atoms with E-state index in [9.17, 15) is 4.79 Å². The third kappa shape index (κ3) is 3.35. The summed E-state index contributed by atoms with van der Waals surface area (Å²) in [4.78, 5) is 10.8. The first-order valence-corrected chi connectivity index (χ1v) is 6.52. The first-order chi connectivity index (χ1) is 8.99. The van der Waals surface area contributed by atoms with Crippen molar-refractivity contribution in [1.29, 1.82) is 0 Å². The van der Waals surface area contributed by atoms with Crippen LogP contribution in [0.3, 0.4) is 0 Å². The largest absolute Gasteiger partial charge is 0.480 e. The molecule has 0 aliphatic rings. The Bertz CT molecular complexity index is 573. The monoisotopic (exact) mass is 262 g/mol. The number of aliphatic carboxylic acids is 1. The van der Waals surface area contributed by atoms with Crippen LogP contribution in [-0.2, 0) is 18.3 Å². The van der Waals surface area contributed by atoms with E-state index in [2.05, 4.69) is 6.07 Å². The second-order valence-corrected chi connectivity index (χ2v) is 4.43. The molecule has 1 aromatic heterocycles. The van der Waals surface area contributed by atoms with Gasteiger partial charge in [-0.25, -0.2) is 0 Å². The Morgan fingerprint density at radius 3 is 2.63 bits per heavy atom. The van der Waals surface area contributed by atoms with Gasteiger partial charge in [-0.05, 0) is 24.6 Å². The highest BCUT2D eigenvalue weighted by Crippen LogP contribution is 2.22. The highest BCUT2D eigenvalue weighted by atomic mass is 16.4. The number of rotatable bonds is 3. The number of aryl methyl sites for hydroxylation is 2. The molecule has 1 unspecified atom stereocenters. The van der Waals surface area contributed by atoms with Crippen LogP contribution in [0.5, 0.6) is 0 Å². The minimum atomic E-state index is -0.963. The Hall–Kier alpha value is -1.81. The van der Waals surface area contributed by atoms with Gasteiger partial charge in [0.2, 0.25) is 0 Å². The summed E-state index contributed by atoms with van der Waals surface area (Å²) in [5.41, 5.74) is 8.83. The van der Waals surface area contributed by atoms with Crippen LogP contribution >= 0.6 is 0 Å². The molecule has 0 saturated carbocycles. The van der Waals surface area contributed by atoms with Crippen molar-refractivity contribution in [2.24, 2.45) is 12.8 Å². The van der Waals surface area contributed by atoms with Gasteiger partial charge >= 0.3 is 5.97 Å². The molecule has 3 N–H and O–H groups in total. The van der Waals surface area contributed by atoms with Crippen molar-refractivity contribution >= 4 is 16.9 Å². The SMILES string of the molecule is CC.Cc1ccc2c(c1)c(CC(N)C(=O)O)cn2C. The minimum absolute atomic E-state index is 0.357. The number of aromatic nitrogens is 1. The van der Waals surface area contributed by atoms with E-state index in [0.29, 0.717) is 6.42 Å². The van der Waals surface area contributed by atoms with Crippen LogP contribution in [0.4, 0.5) is 0 Å². The topological polar surface area (TPSA) is 68.2 Å². The van der Waals surface area contributed by atoms with Gasteiger partial charge in [0.15, 0.2) is 0 Å². The second kappa shape index (κ2) is 6.38. The maximum Gasteiger partial charge on any atom is 0.320 e. The van der Waals surface area contributed by atoms with E-state index in [-0.39, 0.29) is 0 Å². The molecule has 0 saturated heterocycles. The Morgan fingerprint density at radius 2 is 2.05 bits per heavy atom. The summed E-state index contributed by atoms with van der Waals surface area (Å²) >= 11 is 0. The van der Waals surface area contributed by atoms with Crippen LogP contribution < -0.4 is 5.73 Å². The van der Waals surface area contributed by atoms with Crippen LogP contribution in [0.25, 0.3) is 10.9 Å².